The van der Waals surface area contributed by atoms with Crippen molar-refractivity contribution < 1.29 is 19.1 Å². The number of aromatic nitrogens is 5. The summed E-state index contributed by atoms with van der Waals surface area (Å²) in [5.41, 5.74) is 5.17. The second-order valence-electron chi connectivity index (χ2n) is 14.9. The summed E-state index contributed by atoms with van der Waals surface area (Å²) in [6, 6.07) is 9.50. The first-order chi connectivity index (χ1) is 28.0. The number of nitrogens with zero attached hydrogens (tertiary/aromatic N) is 7. The number of carbonyl (C=O) groups excluding carboxylic acids is 3. The first-order valence-corrected chi connectivity index (χ1v) is 20.6. The van der Waals surface area contributed by atoms with Crippen LogP contribution in [0.25, 0.3) is 11.0 Å². The minimum atomic E-state index is -0.285. The van der Waals surface area contributed by atoms with Crippen molar-refractivity contribution >= 4 is 68.2 Å². The topological polar surface area (TPSA) is 177 Å². The quantitative estimate of drug-likeness (QED) is 0.0838. The van der Waals surface area contributed by atoms with E-state index in [-0.39, 0.29) is 34.8 Å². The minimum Gasteiger partial charge on any atom is -0.383 e. The molecule has 1 aromatic carbocycles. The van der Waals surface area contributed by atoms with Crippen LogP contribution in [0.4, 0.5) is 28.3 Å². The lowest BCUT2D eigenvalue weighted by Gasteiger charge is -2.36. The molecule has 2 amide bonds. The van der Waals surface area contributed by atoms with Gasteiger partial charge < -0.3 is 25.2 Å². The first kappa shape index (κ1) is 40.5. The molecule has 304 valence electrons. The number of hydrogen-bond acceptors (Lipinski definition) is 13. The third-order valence-corrected chi connectivity index (χ3v) is 12.0. The minimum absolute atomic E-state index is 0.00150. The zero-order chi connectivity index (χ0) is 40.9. The molecular formula is C42H50N10O5S. The van der Waals surface area contributed by atoms with Crippen molar-refractivity contribution in [3.8, 4) is 0 Å². The number of benzene rings is 1. The van der Waals surface area contributed by atoms with Crippen molar-refractivity contribution in [2.24, 2.45) is 0 Å². The Morgan fingerprint density at radius 2 is 1.71 bits per heavy atom. The maximum absolute atomic E-state index is 13.5. The number of rotatable bonds is 14. The zero-order valence-corrected chi connectivity index (χ0v) is 34.5. The van der Waals surface area contributed by atoms with E-state index >= 15 is 0 Å². The number of aryl methyl sites for hydroxylation is 4. The molecule has 2 fully saturated rings. The van der Waals surface area contributed by atoms with E-state index in [1.807, 2.05) is 56.0 Å². The van der Waals surface area contributed by atoms with Crippen molar-refractivity contribution in [3.05, 3.63) is 85.9 Å². The number of ketones is 1. The lowest BCUT2D eigenvalue weighted by atomic mass is 10.0. The number of hydrogen-bond donors (Lipinski definition) is 3. The van der Waals surface area contributed by atoms with E-state index < -0.39 is 0 Å². The van der Waals surface area contributed by atoms with Gasteiger partial charge in [-0.25, -0.2) is 15.0 Å². The van der Waals surface area contributed by atoms with Crippen LogP contribution in [0.15, 0.2) is 47.5 Å². The lowest BCUT2D eigenvalue weighted by Crippen LogP contribution is -2.49. The molecule has 7 rings (SSSR count). The molecule has 5 heterocycles. The third-order valence-electron chi connectivity index (χ3n) is 11.0. The summed E-state index contributed by atoms with van der Waals surface area (Å²) in [5, 5.41) is 10.7. The Kier molecular flexibility index (Phi) is 12.4. The average Bonchev–Trinajstić information content (AvgIpc) is 3.85. The predicted molar refractivity (Wildman–Crippen MR) is 227 cm³/mol. The Bertz CT molecular complexity index is 2360. The van der Waals surface area contributed by atoms with E-state index in [0.717, 1.165) is 53.2 Å². The van der Waals surface area contributed by atoms with Gasteiger partial charge in [0, 0.05) is 66.5 Å². The number of amides is 2. The Morgan fingerprint density at radius 1 is 0.931 bits per heavy atom. The first-order valence-electron chi connectivity index (χ1n) is 19.8. The van der Waals surface area contributed by atoms with Crippen molar-refractivity contribution in [3.63, 3.8) is 0 Å². The van der Waals surface area contributed by atoms with E-state index in [1.165, 1.54) is 18.3 Å². The zero-order valence-electron chi connectivity index (χ0n) is 33.7. The van der Waals surface area contributed by atoms with Gasteiger partial charge in [-0.1, -0.05) is 18.9 Å². The van der Waals surface area contributed by atoms with Gasteiger partial charge >= 0.3 is 0 Å². The van der Waals surface area contributed by atoms with Gasteiger partial charge in [0.05, 0.1) is 42.8 Å². The molecule has 0 unspecified atom stereocenters. The Balaban J connectivity index is 0.852. The maximum Gasteiger partial charge on any atom is 0.263 e. The number of pyridine rings is 2. The van der Waals surface area contributed by atoms with E-state index in [0.29, 0.717) is 91.4 Å². The molecule has 0 spiro atoms. The van der Waals surface area contributed by atoms with Crippen LogP contribution < -0.4 is 26.4 Å². The molecule has 15 nitrogen and oxygen atoms in total. The number of nitrogens with one attached hydrogen (secondary N) is 3. The van der Waals surface area contributed by atoms with Crippen LogP contribution in [-0.2, 0) is 9.53 Å². The number of Topliss-reactive ketones (excluding diaryl/α,β-unsaturated/α-hetero) is 1. The average molecular weight is 807 g/mol. The van der Waals surface area contributed by atoms with Crippen LogP contribution in [0.1, 0.15) is 87.5 Å². The molecule has 0 radical (unpaired) electrons. The lowest BCUT2D eigenvalue weighted by molar-refractivity contribution is -0.132. The molecule has 58 heavy (non-hydrogen) atoms. The van der Waals surface area contributed by atoms with E-state index in [1.54, 1.807) is 23.9 Å². The SMILES string of the molecule is CC(=O)c1c(C)c2cnc(Nc3ccc(N4CCN(C(=O)CCOCCNc5ccc(C)c(C(=O)Nc6nc(C)c(C)s6)c5)CC4)cn3)nc2n(C2CCCC2)c1=O. The number of fused-ring (bicyclic) bond motifs is 1. The van der Waals surface area contributed by atoms with Gasteiger partial charge in [0.25, 0.3) is 11.5 Å². The highest BCUT2D eigenvalue weighted by Gasteiger charge is 2.26. The number of anilines is 5. The molecule has 5 aromatic rings. The maximum atomic E-state index is 13.5. The number of carbonyl (C=O) groups is 3. The molecule has 1 aliphatic carbocycles. The molecule has 1 saturated carbocycles. The van der Waals surface area contributed by atoms with Gasteiger partial charge in [-0.05, 0) is 82.9 Å². The van der Waals surface area contributed by atoms with Crippen molar-refractivity contribution in [1.29, 1.82) is 0 Å². The monoisotopic (exact) mass is 806 g/mol. The van der Waals surface area contributed by atoms with Crippen molar-refractivity contribution in [1.82, 2.24) is 29.4 Å². The summed E-state index contributed by atoms with van der Waals surface area (Å²) in [4.78, 5) is 75.3. The second kappa shape index (κ2) is 17.8. The highest BCUT2D eigenvalue weighted by Crippen LogP contribution is 2.32. The van der Waals surface area contributed by atoms with Gasteiger partial charge in [-0.3, -0.25) is 29.1 Å². The Labute approximate surface area is 341 Å². The van der Waals surface area contributed by atoms with E-state index in [9.17, 15) is 19.2 Å². The van der Waals surface area contributed by atoms with Gasteiger partial charge in [0.2, 0.25) is 11.9 Å². The molecule has 0 bridgehead atoms. The molecule has 1 saturated heterocycles. The standard InChI is InChI=1S/C42H50N10O5S/c1-25-10-11-30(22-33(25)39(55)49-42-46-27(3)29(5)58-42)43-15-21-57-20-14-36(54)51-18-16-50(17-19-51)32-12-13-35(44-23-32)47-41-45-24-34-26(2)37(28(4)53)40(56)52(38(34)48-41)31-8-6-7-9-31/h10-13,22-24,31,43H,6-9,14-21H2,1-5H3,(H,46,49,55)(H,44,45,47,48). The molecule has 16 heteroatoms. The Morgan fingerprint density at radius 3 is 2.40 bits per heavy atom. The number of piperazine rings is 1. The number of ether oxygens (including phenoxy) is 1. The van der Waals surface area contributed by atoms with E-state index in [4.69, 9.17) is 9.72 Å². The fourth-order valence-electron chi connectivity index (χ4n) is 7.64. The fraction of sp³-hybridized carbons (Fsp3) is 0.429. The van der Waals surface area contributed by atoms with Gasteiger partial charge in [-0.2, -0.15) is 4.98 Å². The number of thiazole rings is 1. The van der Waals surface area contributed by atoms with Crippen LogP contribution in [0.3, 0.4) is 0 Å². The molecule has 0 atom stereocenters. The van der Waals surface area contributed by atoms with Crippen LogP contribution in [-0.4, -0.2) is 92.9 Å². The summed E-state index contributed by atoms with van der Waals surface area (Å²) in [6.07, 6.45) is 7.58. The normalized spacial score (nSPS) is 14.6. The fourth-order valence-corrected chi connectivity index (χ4v) is 8.45. The molecule has 3 N–H and O–H groups in total. The van der Waals surface area contributed by atoms with Crippen LogP contribution >= 0.6 is 11.3 Å². The van der Waals surface area contributed by atoms with Crippen LogP contribution in [0.2, 0.25) is 0 Å². The van der Waals surface area contributed by atoms with Crippen LogP contribution in [0.5, 0.6) is 0 Å². The molecule has 2 aliphatic rings. The highest BCUT2D eigenvalue weighted by atomic mass is 32.1. The molecule has 1 aliphatic heterocycles. The summed E-state index contributed by atoms with van der Waals surface area (Å²) < 4.78 is 7.47. The summed E-state index contributed by atoms with van der Waals surface area (Å²) in [6.45, 7) is 12.9. The molecular weight excluding hydrogens is 757 g/mol. The van der Waals surface area contributed by atoms with Gasteiger partial charge in [0.15, 0.2) is 10.9 Å². The van der Waals surface area contributed by atoms with E-state index in [2.05, 4.69) is 35.8 Å². The van der Waals surface area contributed by atoms with Crippen molar-refractivity contribution in [2.45, 2.75) is 72.8 Å². The summed E-state index contributed by atoms with van der Waals surface area (Å²) in [7, 11) is 0. The van der Waals surface area contributed by atoms with Gasteiger partial charge in [-0.15, -0.1) is 11.3 Å². The smallest absolute Gasteiger partial charge is 0.263 e. The Hall–Kier alpha value is -5.74. The predicted octanol–water partition coefficient (Wildman–Crippen LogP) is 6.36. The van der Waals surface area contributed by atoms with Crippen LogP contribution in [0, 0.1) is 27.7 Å². The van der Waals surface area contributed by atoms with Crippen molar-refractivity contribution in [2.75, 3.05) is 66.8 Å². The highest BCUT2D eigenvalue weighted by molar-refractivity contribution is 7.15. The third kappa shape index (κ3) is 9.02. The summed E-state index contributed by atoms with van der Waals surface area (Å²) >= 11 is 1.46. The molecule has 4 aromatic heterocycles. The van der Waals surface area contributed by atoms with Gasteiger partial charge in [0.1, 0.15) is 11.5 Å². The second-order valence-corrected chi connectivity index (χ2v) is 16.1. The largest absolute Gasteiger partial charge is 0.383 e. The summed E-state index contributed by atoms with van der Waals surface area (Å²) in [5.74, 6) is 0.491.